The molecule has 0 aliphatic carbocycles. The van der Waals surface area contributed by atoms with E-state index in [0.29, 0.717) is 24.7 Å². The Kier molecular flexibility index (Phi) is 9.46. The number of phenolic OH excluding ortho intramolecular Hbond substituents is 1. The minimum absolute atomic E-state index is 0.209. The molecular formula is C32H46N2O3. The molecule has 0 aliphatic rings. The van der Waals surface area contributed by atoms with Crippen molar-refractivity contribution in [1.82, 2.24) is 10.3 Å². The number of aromatic nitrogens is 1. The SMILES string of the molecule is CCCCc1ccc(OCCc2coc(-c3cc(C(C)(C)C)c(O)c(C(C)(C)C)c3)n2)c(CNCC)c1. The number of phenols is 1. The van der Waals surface area contributed by atoms with Gasteiger partial charge in [0.25, 0.3) is 0 Å². The van der Waals surface area contributed by atoms with Gasteiger partial charge in [0.1, 0.15) is 17.8 Å². The fraction of sp³-hybridized carbons (Fsp3) is 0.531. The molecule has 3 rings (SSSR count). The van der Waals surface area contributed by atoms with Gasteiger partial charge in [-0.2, -0.15) is 0 Å². The van der Waals surface area contributed by atoms with Gasteiger partial charge < -0.3 is 19.6 Å². The van der Waals surface area contributed by atoms with Crippen LogP contribution in [0.4, 0.5) is 0 Å². The average Bonchev–Trinajstić information content (AvgIpc) is 3.29. The number of benzene rings is 2. The zero-order valence-electron chi connectivity index (χ0n) is 24.1. The van der Waals surface area contributed by atoms with E-state index in [-0.39, 0.29) is 10.8 Å². The molecule has 0 atom stereocenters. The largest absolute Gasteiger partial charge is 0.507 e. The van der Waals surface area contributed by atoms with Crippen LogP contribution in [0, 0.1) is 0 Å². The molecule has 37 heavy (non-hydrogen) atoms. The van der Waals surface area contributed by atoms with E-state index < -0.39 is 0 Å². The summed E-state index contributed by atoms with van der Waals surface area (Å²) < 4.78 is 12.1. The summed E-state index contributed by atoms with van der Waals surface area (Å²) in [6.07, 6.45) is 5.86. The van der Waals surface area contributed by atoms with Gasteiger partial charge in [0, 0.05) is 35.2 Å². The Balaban J connectivity index is 1.76. The number of nitrogens with one attached hydrogen (secondary N) is 1. The Labute approximate surface area is 223 Å². The molecule has 0 saturated carbocycles. The number of hydrogen-bond donors (Lipinski definition) is 2. The van der Waals surface area contributed by atoms with Crippen molar-refractivity contribution in [3.63, 3.8) is 0 Å². The lowest BCUT2D eigenvalue weighted by molar-refractivity contribution is 0.316. The molecule has 5 heteroatoms. The summed E-state index contributed by atoms with van der Waals surface area (Å²) >= 11 is 0. The van der Waals surface area contributed by atoms with Crippen LogP contribution in [0.3, 0.4) is 0 Å². The second kappa shape index (κ2) is 12.2. The third-order valence-electron chi connectivity index (χ3n) is 6.65. The van der Waals surface area contributed by atoms with Gasteiger partial charge in [-0.05, 0) is 54.0 Å². The monoisotopic (exact) mass is 506 g/mol. The number of rotatable bonds is 11. The molecule has 3 aromatic rings. The fourth-order valence-corrected chi connectivity index (χ4v) is 4.43. The van der Waals surface area contributed by atoms with Crippen molar-refractivity contribution >= 4 is 0 Å². The fourth-order valence-electron chi connectivity index (χ4n) is 4.43. The minimum atomic E-state index is -0.209. The van der Waals surface area contributed by atoms with Crippen LogP contribution in [0.1, 0.15) is 96.2 Å². The van der Waals surface area contributed by atoms with Crippen molar-refractivity contribution in [3.8, 4) is 23.0 Å². The van der Waals surface area contributed by atoms with E-state index in [2.05, 4.69) is 78.9 Å². The number of aromatic hydroxyl groups is 1. The molecule has 0 spiro atoms. The van der Waals surface area contributed by atoms with E-state index in [1.54, 1.807) is 6.26 Å². The Morgan fingerprint density at radius 1 is 0.946 bits per heavy atom. The first kappa shape index (κ1) is 28.8. The van der Waals surface area contributed by atoms with Crippen molar-refractivity contribution in [2.75, 3.05) is 13.2 Å². The highest BCUT2D eigenvalue weighted by Gasteiger charge is 2.27. The zero-order valence-corrected chi connectivity index (χ0v) is 24.1. The number of aryl methyl sites for hydroxylation is 1. The predicted octanol–water partition coefficient (Wildman–Crippen LogP) is 7.72. The van der Waals surface area contributed by atoms with Gasteiger partial charge >= 0.3 is 0 Å². The summed E-state index contributed by atoms with van der Waals surface area (Å²) in [5.74, 6) is 1.85. The summed E-state index contributed by atoms with van der Waals surface area (Å²) in [5, 5.41) is 14.5. The highest BCUT2D eigenvalue weighted by atomic mass is 16.5. The quantitative estimate of drug-likeness (QED) is 0.279. The van der Waals surface area contributed by atoms with Gasteiger partial charge in [-0.25, -0.2) is 4.98 Å². The smallest absolute Gasteiger partial charge is 0.226 e. The van der Waals surface area contributed by atoms with Crippen LogP contribution in [0.25, 0.3) is 11.5 Å². The zero-order chi connectivity index (χ0) is 27.2. The second-order valence-electron chi connectivity index (χ2n) is 12.0. The van der Waals surface area contributed by atoms with E-state index in [0.717, 1.165) is 47.6 Å². The molecule has 5 nitrogen and oxygen atoms in total. The summed E-state index contributed by atoms with van der Waals surface area (Å²) in [4.78, 5) is 4.77. The van der Waals surface area contributed by atoms with Crippen LogP contribution in [0.5, 0.6) is 11.5 Å². The van der Waals surface area contributed by atoms with E-state index >= 15 is 0 Å². The maximum Gasteiger partial charge on any atom is 0.226 e. The third kappa shape index (κ3) is 7.61. The lowest BCUT2D eigenvalue weighted by atomic mass is 9.78. The number of hydrogen-bond acceptors (Lipinski definition) is 5. The first-order valence-electron chi connectivity index (χ1n) is 13.7. The normalized spacial score (nSPS) is 12.2. The minimum Gasteiger partial charge on any atom is -0.507 e. The van der Waals surface area contributed by atoms with Gasteiger partial charge in [-0.3, -0.25) is 0 Å². The number of unbranched alkanes of at least 4 members (excludes halogenated alkanes) is 1. The van der Waals surface area contributed by atoms with E-state index in [9.17, 15) is 5.11 Å². The van der Waals surface area contributed by atoms with Crippen LogP contribution in [0.2, 0.25) is 0 Å². The van der Waals surface area contributed by atoms with Crippen LogP contribution >= 0.6 is 0 Å². The number of nitrogens with zero attached hydrogens (tertiary/aromatic N) is 1. The molecule has 2 aromatic carbocycles. The predicted molar refractivity (Wildman–Crippen MR) is 153 cm³/mol. The molecule has 1 heterocycles. The highest BCUT2D eigenvalue weighted by molar-refractivity contribution is 5.63. The molecule has 0 fully saturated rings. The van der Waals surface area contributed by atoms with Crippen molar-refractivity contribution in [2.45, 2.75) is 98.4 Å². The van der Waals surface area contributed by atoms with Gasteiger partial charge in [0.15, 0.2) is 0 Å². The van der Waals surface area contributed by atoms with Crippen molar-refractivity contribution in [1.29, 1.82) is 0 Å². The van der Waals surface area contributed by atoms with Gasteiger partial charge in [-0.15, -0.1) is 0 Å². The van der Waals surface area contributed by atoms with Crippen LogP contribution in [-0.2, 0) is 30.2 Å². The van der Waals surface area contributed by atoms with E-state index in [4.69, 9.17) is 14.1 Å². The topological polar surface area (TPSA) is 67.5 Å². The second-order valence-corrected chi connectivity index (χ2v) is 12.0. The first-order valence-corrected chi connectivity index (χ1v) is 13.7. The Morgan fingerprint density at radius 3 is 2.22 bits per heavy atom. The van der Waals surface area contributed by atoms with Crippen LogP contribution in [-0.4, -0.2) is 23.2 Å². The number of ether oxygens (including phenoxy) is 1. The standard InChI is InChI=1S/C32H46N2O3/c1-9-11-12-22-13-14-28(24(17-22)20-33-10-2)36-16-15-25-21-37-30(34-25)23-18-26(31(3,4)5)29(35)27(19-23)32(6,7)8/h13-14,17-19,21,33,35H,9-12,15-16,20H2,1-8H3. The highest BCUT2D eigenvalue weighted by Crippen LogP contribution is 2.41. The molecule has 0 radical (unpaired) electrons. The summed E-state index contributed by atoms with van der Waals surface area (Å²) in [7, 11) is 0. The molecule has 0 saturated heterocycles. The number of oxazole rings is 1. The maximum absolute atomic E-state index is 11.0. The average molecular weight is 507 g/mol. The molecule has 0 bridgehead atoms. The van der Waals surface area contributed by atoms with Gasteiger partial charge in [0.2, 0.25) is 5.89 Å². The van der Waals surface area contributed by atoms with Gasteiger partial charge in [0.05, 0.1) is 12.3 Å². The van der Waals surface area contributed by atoms with Crippen LogP contribution in [0.15, 0.2) is 41.0 Å². The maximum atomic E-state index is 11.0. The Bertz CT molecular complexity index is 1130. The third-order valence-corrected chi connectivity index (χ3v) is 6.65. The van der Waals surface area contributed by atoms with E-state index in [1.807, 2.05) is 12.1 Å². The van der Waals surface area contributed by atoms with E-state index in [1.165, 1.54) is 24.0 Å². The lowest BCUT2D eigenvalue weighted by Gasteiger charge is -2.27. The van der Waals surface area contributed by atoms with Crippen molar-refractivity contribution in [2.24, 2.45) is 0 Å². The summed E-state index contributed by atoms with van der Waals surface area (Å²) in [6.45, 7) is 19.2. The molecule has 202 valence electrons. The van der Waals surface area contributed by atoms with Crippen LogP contribution < -0.4 is 10.1 Å². The summed E-state index contributed by atoms with van der Waals surface area (Å²) in [6, 6.07) is 10.6. The molecular weight excluding hydrogens is 460 g/mol. The van der Waals surface area contributed by atoms with Crippen molar-refractivity contribution < 1.29 is 14.3 Å². The van der Waals surface area contributed by atoms with Gasteiger partial charge in [-0.1, -0.05) is 73.9 Å². The Hall–Kier alpha value is -2.79. The molecule has 0 unspecified atom stereocenters. The molecule has 1 aromatic heterocycles. The molecule has 0 aliphatic heterocycles. The molecule has 0 amide bonds. The summed E-state index contributed by atoms with van der Waals surface area (Å²) in [5.41, 5.74) is 5.67. The Morgan fingerprint density at radius 2 is 1.62 bits per heavy atom. The molecule has 2 N–H and O–H groups in total. The lowest BCUT2D eigenvalue weighted by Crippen LogP contribution is -2.17. The van der Waals surface area contributed by atoms with Crippen molar-refractivity contribution in [3.05, 3.63) is 64.5 Å². The first-order chi connectivity index (χ1) is 17.4.